The molecule has 0 aliphatic rings. The summed E-state index contributed by atoms with van der Waals surface area (Å²) in [5.74, 6) is 0.202. The molecule has 0 aliphatic carbocycles. The number of nitrogens with zero attached hydrogens (tertiary/aromatic N) is 3. The first-order chi connectivity index (χ1) is 25.2. The van der Waals surface area contributed by atoms with Crippen LogP contribution in [0.3, 0.4) is 0 Å². The van der Waals surface area contributed by atoms with E-state index in [0.717, 1.165) is 77.4 Å². The molecule has 0 spiro atoms. The Hall–Kier alpha value is -6.22. The second-order valence-corrected chi connectivity index (χ2v) is 13.0. The monoisotopic (exact) mass is 845 g/mol. The fraction of sp³-hybridized carbons (Fsp3) is 0. The zero-order chi connectivity index (χ0) is 33.9. The smallest absolute Gasteiger partial charge is 0.126 e. The molecule has 5 heteroatoms. The van der Waals surface area contributed by atoms with Crippen LogP contribution in [0.25, 0.3) is 99.2 Å². The van der Waals surface area contributed by atoms with Crippen molar-refractivity contribution in [2.45, 2.75) is 0 Å². The zero-order valence-corrected chi connectivity index (χ0v) is 30.0. The van der Waals surface area contributed by atoms with Crippen LogP contribution < -0.4 is 0 Å². The van der Waals surface area contributed by atoms with Crippen molar-refractivity contribution in [3.63, 3.8) is 0 Å². The molecule has 0 atom stereocenters. The van der Waals surface area contributed by atoms with Gasteiger partial charge in [0.25, 0.3) is 0 Å². The van der Waals surface area contributed by atoms with Gasteiger partial charge in [-0.05, 0) is 78.7 Å². The molecule has 8 aromatic carbocycles. The number of phenolic OH excluding ortho intramolecular Hbond substituents is 1. The quantitative estimate of drug-likeness (QED) is 0.138. The van der Waals surface area contributed by atoms with E-state index >= 15 is 0 Å². The van der Waals surface area contributed by atoms with Gasteiger partial charge in [-0.2, -0.15) is 10.2 Å². The van der Waals surface area contributed by atoms with Crippen LogP contribution in [0.2, 0.25) is 0 Å². The number of hydrogen-bond acceptors (Lipinski definition) is 4. The summed E-state index contributed by atoms with van der Waals surface area (Å²) in [6.07, 6.45) is 0. The summed E-state index contributed by atoms with van der Waals surface area (Å²) in [6.45, 7) is 0. The summed E-state index contributed by atoms with van der Waals surface area (Å²) in [5.41, 5.74) is 9.76. The standard InChI is InChI=1S/C47H28N3O.Pt/c51-44-28-35-20-19-30-12-6-13-31-21-22-39(46(35)45(30)31)47(44)42-18-8-17-40(48-42)37-24-36(33-15-7-14-32(23-33)29-9-2-1-3-10-29)25-38(26-37)43-27-34-11-4-5-16-41(34)49-50-43;/h1-25,27-28,51H;/q-1;. The molecule has 0 unspecified atom stereocenters. The van der Waals surface area contributed by atoms with Crippen molar-refractivity contribution in [1.29, 1.82) is 0 Å². The maximum Gasteiger partial charge on any atom is 0.126 e. The van der Waals surface area contributed by atoms with Crippen molar-refractivity contribution in [3.05, 3.63) is 170 Å². The van der Waals surface area contributed by atoms with Crippen LogP contribution in [0.4, 0.5) is 0 Å². The van der Waals surface area contributed by atoms with Crippen molar-refractivity contribution in [2.75, 3.05) is 0 Å². The molecule has 4 nitrogen and oxygen atoms in total. The maximum atomic E-state index is 11.5. The third-order valence-electron chi connectivity index (χ3n) is 9.85. The summed E-state index contributed by atoms with van der Waals surface area (Å²) < 4.78 is 0. The van der Waals surface area contributed by atoms with E-state index < -0.39 is 0 Å². The van der Waals surface area contributed by atoms with Crippen LogP contribution >= 0.6 is 0 Å². The molecular weight excluding hydrogens is 818 g/mol. The SMILES string of the molecule is Oc1cc2ccc3cccc4ccc(c1-c1cccc(-c5[c-]c(-c6cc7ccccc7nn6)cc(-c6cccc(-c7ccccc7)c6)c5)n1)c2c34.[Pt]. The minimum absolute atomic E-state index is 0. The molecule has 0 amide bonds. The van der Waals surface area contributed by atoms with E-state index in [-0.39, 0.29) is 26.8 Å². The minimum Gasteiger partial charge on any atom is -0.507 e. The molecule has 0 saturated carbocycles. The van der Waals surface area contributed by atoms with E-state index in [1.165, 1.54) is 16.2 Å². The molecule has 0 fully saturated rings. The van der Waals surface area contributed by atoms with Gasteiger partial charge in [-0.1, -0.05) is 144 Å². The van der Waals surface area contributed by atoms with Crippen molar-refractivity contribution < 1.29 is 26.2 Å². The summed E-state index contributed by atoms with van der Waals surface area (Å²) in [5, 5.41) is 28.4. The number of benzene rings is 8. The van der Waals surface area contributed by atoms with Gasteiger partial charge in [0.1, 0.15) is 5.75 Å². The number of aromatic hydroxyl groups is 1. The molecule has 0 bridgehead atoms. The predicted octanol–water partition coefficient (Wildman–Crippen LogP) is 11.8. The Balaban J connectivity index is 0.00000360. The van der Waals surface area contributed by atoms with Crippen LogP contribution in [0.15, 0.2) is 164 Å². The van der Waals surface area contributed by atoms with Crippen LogP contribution in [0, 0.1) is 6.07 Å². The Bertz CT molecular complexity index is 2930. The van der Waals surface area contributed by atoms with Crippen molar-refractivity contribution in [3.8, 4) is 61.8 Å². The molecule has 0 radical (unpaired) electrons. The number of aromatic nitrogens is 3. The van der Waals surface area contributed by atoms with Gasteiger partial charge in [0.05, 0.1) is 11.2 Å². The number of pyridine rings is 1. The zero-order valence-electron chi connectivity index (χ0n) is 27.7. The van der Waals surface area contributed by atoms with E-state index in [1.54, 1.807) is 0 Å². The van der Waals surface area contributed by atoms with Gasteiger partial charge in [-0.3, -0.25) is 4.98 Å². The van der Waals surface area contributed by atoms with Crippen LogP contribution in [-0.4, -0.2) is 20.3 Å². The largest absolute Gasteiger partial charge is 0.507 e. The first kappa shape index (κ1) is 31.7. The number of phenols is 1. The summed E-state index contributed by atoms with van der Waals surface area (Å²) in [4.78, 5) is 5.21. The average molecular weight is 846 g/mol. The molecule has 1 N–H and O–H groups in total. The van der Waals surface area contributed by atoms with Crippen molar-refractivity contribution in [2.24, 2.45) is 0 Å². The van der Waals surface area contributed by atoms with Gasteiger partial charge >= 0.3 is 0 Å². The topological polar surface area (TPSA) is 58.9 Å². The van der Waals surface area contributed by atoms with E-state index in [4.69, 9.17) is 4.98 Å². The number of hydrogen-bond donors (Lipinski definition) is 1. The Morgan fingerprint density at radius 2 is 1.06 bits per heavy atom. The van der Waals surface area contributed by atoms with E-state index in [2.05, 4.69) is 132 Å². The fourth-order valence-corrected chi connectivity index (χ4v) is 7.43. The van der Waals surface area contributed by atoms with Crippen molar-refractivity contribution >= 4 is 43.2 Å². The normalized spacial score (nSPS) is 11.4. The molecular formula is C47H28N3OPt-. The number of fused-ring (bicyclic) bond motifs is 1. The first-order valence-corrected chi connectivity index (χ1v) is 17.0. The molecule has 10 aromatic rings. The second kappa shape index (κ2) is 12.8. The second-order valence-electron chi connectivity index (χ2n) is 13.0. The molecule has 0 saturated heterocycles. The molecule has 248 valence electrons. The Morgan fingerprint density at radius 3 is 1.90 bits per heavy atom. The first-order valence-electron chi connectivity index (χ1n) is 17.0. The van der Waals surface area contributed by atoms with Crippen LogP contribution in [-0.2, 0) is 21.1 Å². The predicted molar refractivity (Wildman–Crippen MR) is 209 cm³/mol. The van der Waals surface area contributed by atoms with E-state index in [0.29, 0.717) is 5.69 Å². The van der Waals surface area contributed by atoms with E-state index in [1.807, 2.05) is 48.5 Å². The molecule has 52 heavy (non-hydrogen) atoms. The average Bonchev–Trinajstić information content (AvgIpc) is 3.20. The molecule has 2 aromatic heterocycles. The maximum absolute atomic E-state index is 11.5. The Kier molecular flexibility index (Phi) is 7.83. The van der Waals surface area contributed by atoms with Crippen LogP contribution in [0.5, 0.6) is 5.75 Å². The summed E-state index contributed by atoms with van der Waals surface area (Å²) in [7, 11) is 0. The van der Waals surface area contributed by atoms with Gasteiger partial charge in [0, 0.05) is 38.0 Å². The summed E-state index contributed by atoms with van der Waals surface area (Å²) in [6, 6.07) is 59.6. The fourth-order valence-electron chi connectivity index (χ4n) is 7.43. The third-order valence-corrected chi connectivity index (χ3v) is 9.85. The minimum atomic E-state index is 0. The van der Waals surface area contributed by atoms with Crippen molar-refractivity contribution in [1.82, 2.24) is 15.2 Å². The molecule has 2 heterocycles. The van der Waals surface area contributed by atoms with Gasteiger partial charge in [0.2, 0.25) is 0 Å². The summed E-state index contributed by atoms with van der Waals surface area (Å²) >= 11 is 0. The van der Waals surface area contributed by atoms with Gasteiger partial charge < -0.3 is 5.11 Å². The van der Waals surface area contributed by atoms with Gasteiger partial charge in [-0.15, -0.1) is 18.2 Å². The van der Waals surface area contributed by atoms with Crippen LogP contribution in [0.1, 0.15) is 0 Å². The van der Waals surface area contributed by atoms with E-state index in [9.17, 15) is 5.11 Å². The molecule has 10 rings (SSSR count). The van der Waals surface area contributed by atoms with Gasteiger partial charge in [0.15, 0.2) is 0 Å². The van der Waals surface area contributed by atoms with Gasteiger partial charge in [-0.25, -0.2) is 0 Å². The molecule has 0 aliphatic heterocycles. The number of rotatable bonds is 5. The third kappa shape index (κ3) is 5.40. The Labute approximate surface area is 314 Å². The Morgan fingerprint density at radius 1 is 0.423 bits per heavy atom.